The summed E-state index contributed by atoms with van der Waals surface area (Å²) in [6.45, 7) is 0. The molecule has 0 spiro atoms. The highest BCUT2D eigenvalue weighted by molar-refractivity contribution is 6.25. The van der Waals surface area contributed by atoms with Gasteiger partial charge in [0.1, 0.15) is 11.2 Å². The van der Waals surface area contributed by atoms with E-state index in [4.69, 9.17) is 4.42 Å². The molecule has 0 atom stereocenters. The highest BCUT2D eigenvalue weighted by Gasteiger charge is 2.22. The predicted molar refractivity (Wildman–Crippen MR) is 257 cm³/mol. The van der Waals surface area contributed by atoms with Gasteiger partial charge in [0.15, 0.2) is 0 Å². The van der Waals surface area contributed by atoms with Crippen molar-refractivity contribution in [3.05, 3.63) is 231 Å². The standard InChI is InChI=1S/C58H38N2O/c1-3-14-39(15-4-1)41-28-30-43(31-29-41)48-23-11-18-44-34-37-53-58(56(44)48)49-21-7-9-24-51(49)60(53)47-20-12-19-46(38-47)59(45-35-32-42(33-36-45)40-16-5-2-6-17-40)52-25-13-27-55-57(52)50-22-8-10-26-54(50)61-55/h1-38H. The second-order valence-electron chi connectivity index (χ2n) is 15.7. The molecule has 3 heteroatoms. The van der Waals surface area contributed by atoms with Crippen molar-refractivity contribution >= 4 is 71.6 Å². The van der Waals surface area contributed by atoms with Crippen LogP contribution in [-0.4, -0.2) is 4.57 Å². The minimum atomic E-state index is 0.862. The average Bonchev–Trinajstić information content (AvgIpc) is 3.89. The molecule has 0 aliphatic heterocycles. The van der Waals surface area contributed by atoms with Crippen molar-refractivity contribution in [2.75, 3.05) is 4.90 Å². The number of hydrogen-bond acceptors (Lipinski definition) is 2. The Morgan fingerprint density at radius 2 is 0.951 bits per heavy atom. The second kappa shape index (κ2) is 14.3. The fraction of sp³-hybridized carbons (Fsp3) is 0. The summed E-state index contributed by atoms with van der Waals surface area (Å²) in [5.74, 6) is 0. The Bertz CT molecular complexity index is 3560. The third-order valence-electron chi connectivity index (χ3n) is 12.2. The molecule has 12 rings (SSSR count). The highest BCUT2D eigenvalue weighted by Crippen LogP contribution is 2.45. The molecule has 0 aliphatic rings. The minimum Gasteiger partial charge on any atom is -0.456 e. The number of anilines is 3. The average molecular weight is 779 g/mol. The third kappa shape index (κ3) is 5.82. The van der Waals surface area contributed by atoms with Gasteiger partial charge in [0.05, 0.1) is 22.1 Å². The van der Waals surface area contributed by atoms with E-state index in [0.717, 1.165) is 50.2 Å². The first kappa shape index (κ1) is 34.9. The Labute approximate surface area is 353 Å². The Hall–Kier alpha value is -8.14. The van der Waals surface area contributed by atoms with Crippen LogP contribution in [0.5, 0.6) is 0 Å². The maximum Gasteiger partial charge on any atom is 0.137 e. The Morgan fingerprint density at radius 1 is 0.344 bits per heavy atom. The summed E-state index contributed by atoms with van der Waals surface area (Å²) < 4.78 is 8.88. The van der Waals surface area contributed by atoms with Crippen LogP contribution in [0.15, 0.2) is 235 Å². The third-order valence-corrected chi connectivity index (χ3v) is 12.2. The first-order valence-electron chi connectivity index (χ1n) is 20.8. The lowest BCUT2D eigenvalue weighted by molar-refractivity contribution is 0.669. The largest absolute Gasteiger partial charge is 0.456 e. The number of aromatic nitrogens is 1. The van der Waals surface area contributed by atoms with Gasteiger partial charge in [0, 0.05) is 33.2 Å². The molecule has 0 N–H and O–H groups in total. The number of furan rings is 1. The Kier molecular flexibility index (Phi) is 8.17. The monoisotopic (exact) mass is 778 g/mol. The van der Waals surface area contributed by atoms with Crippen LogP contribution >= 0.6 is 0 Å². The predicted octanol–water partition coefficient (Wildman–Crippen LogP) is 16.3. The van der Waals surface area contributed by atoms with Crippen LogP contribution in [0.2, 0.25) is 0 Å². The van der Waals surface area contributed by atoms with E-state index in [1.165, 1.54) is 60.4 Å². The normalized spacial score (nSPS) is 11.6. The van der Waals surface area contributed by atoms with E-state index in [-0.39, 0.29) is 0 Å². The van der Waals surface area contributed by atoms with Crippen molar-refractivity contribution in [3.63, 3.8) is 0 Å². The highest BCUT2D eigenvalue weighted by atomic mass is 16.3. The first-order valence-corrected chi connectivity index (χ1v) is 20.8. The van der Waals surface area contributed by atoms with Crippen LogP contribution in [0.3, 0.4) is 0 Å². The van der Waals surface area contributed by atoms with E-state index in [1.54, 1.807) is 0 Å². The molecule has 0 fully saturated rings. The van der Waals surface area contributed by atoms with Gasteiger partial charge in [-0.3, -0.25) is 0 Å². The molecule has 0 saturated heterocycles. The molecule has 10 aromatic carbocycles. The molecule has 0 aliphatic carbocycles. The SMILES string of the molecule is c1ccc(-c2ccc(-c3cccc4ccc5c(c6ccccc6n5-c5cccc(N(c6ccc(-c7ccccc7)cc6)c6cccc7oc8ccccc8c67)c5)c34)cc2)cc1. The van der Waals surface area contributed by atoms with Crippen molar-refractivity contribution in [2.45, 2.75) is 0 Å². The summed E-state index contributed by atoms with van der Waals surface area (Å²) in [5.41, 5.74) is 15.6. The Balaban J connectivity index is 1.06. The number of fused-ring (bicyclic) bond motifs is 8. The molecule has 0 radical (unpaired) electrons. The minimum absolute atomic E-state index is 0.862. The Morgan fingerprint density at radius 3 is 1.72 bits per heavy atom. The van der Waals surface area contributed by atoms with Crippen molar-refractivity contribution in [1.29, 1.82) is 0 Å². The topological polar surface area (TPSA) is 21.3 Å². The molecular weight excluding hydrogens is 741 g/mol. The van der Waals surface area contributed by atoms with Gasteiger partial charge in [-0.25, -0.2) is 0 Å². The maximum atomic E-state index is 6.44. The van der Waals surface area contributed by atoms with Crippen molar-refractivity contribution in [3.8, 4) is 39.1 Å². The van der Waals surface area contributed by atoms with Gasteiger partial charge in [-0.15, -0.1) is 0 Å². The molecule has 286 valence electrons. The van der Waals surface area contributed by atoms with Crippen LogP contribution < -0.4 is 4.90 Å². The smallest absolute Gasteiger partial charge is 0.137 e. The van der Waals surface area contributed by atoms with Crippen LogP contribution in [0.1, 0.15) is 0 Å². The zero-order chi connectivity index (χ0) is 40.3. The molecule has 3 nitrogen and oxygen atoms in total. The molecule has 0 unspecified atom stereocenters. The fourth-order valence-corrected chi connectivity index (χ4v) is 9.40. The van der Waals surface area contributed by atoms with E-state index in [0.29, 0.717) is 0 Å². The number of para-hydroxylation sites is 2. The molecular formula is C58H38N2O. The summed E-state index contributed by atoms with van der Waals surface area (Å²) in [5, 5.41) is 7.14. The van der Waals surface area contributed by atoms with Gasteiger partial charge in [-0.05, 0) is 105 Å². The quantitative estimate of drug-likeness (QED) is 0.161. The summed E-state index contributed by atoms with van der Waals surface area (Å²) in [6.07, 6.45) is 0. The second-order valence-corrected chi connectivity index (χ2v) is 15.7. The molecule has 0 bridgehead atoms. The van der Waals surface area contributed by atoms with E-state index in [2.05, 4.69) is 234 Å². The van der Waals surface area contributed by atoms with Crippen molar-refractivity contribution in [2.24, 2.45) is 0 Å². The van der Waals surface area contributed by atoms with Crippen molar-refractivity contribution < 1.29 is 4.42 Å². The zero-order valence-electron chi connectivity index (χ0n) is 33.2. The van der Waals surface area contributed by atoms with Crippen LogP contribution in [0, 0.1) is 0 Å². The van der Waals surface area contributed by atoms with Gasteiger partial charge >= 0.3 is 0 Å². The van der Waals surface area contributed by atoms with E-state index < -0.39 is 0 Å². The van der Waals surface area contributed by atoms with Gasteiger partial charge in [-0.1, -0.05) is 170 Å². The number of nitrogens with zero attached hydrogens (tertiary/aromatic N) is 2. The summed E-state index contributed by atoms with van der Waals surface area (Å²) in [7, 11) is 0. The molecule has 2 heterocycles. The van der Waals surface area contributed by atoms with Gasteiger partial charge in [-0.2, -0.15) is 0 Å². The first-order chi connectivity index (χ1) is 30.3. The summed E-state index contributed by atoms with van der Waals surface area (Å²) in [4.78, 5) is 2.38. The lowest BCUT2D eigenvalue weighted by Crippen LogP contribution is -2.11. The summed E-state index contributed by atoms with van der Waals surface area (Å²) >= 11 is 0. The molecule has 0 amide bonds. The number of rotatable bonds is 7. The number of benzene rings is 10. The number of hydrogen-bond donors (Lipinski definition) is 0. The van der Waals surface area contributed by atoms with Gasteiger partial charge in [0.2, 0.25) is 0 Å². The molecule has 0 saturated carbocycles. The van der Waals surface area contributed by atoms with Crippen LogP contribution in [-0.2, 0) is 0 Å². The van der Waals surface area contributed by atoms with Crippen LogP contribution in [0.4, 0.5) is 17.1 Å². The molecule has 2 aromatic heterocycles. The lowest BCUT2D eigenvalue weighted by atomic mass is 9.93. The van der Waals surface area contributed by atoms with Crippen molar-refractivity contribution in [1.82, 2.24) is 4.57 Å². The van der Waals surface area contributed by atoms with Crippen LogP contribution in [0.25, 0.3) is 93.6 Å². The maximum absolute atomic E-state index is 6.44. The lowest BCUT2D eigenvalue weighted by Gasteiger charge is -2.27. The molecule has 12 aromatic rings. The summed E-state index contributed by atoms with van der Waals surface area (Å²) in [6, 6.07) is 82.9. The van der Waals surface area contributed by atoms with Gasteiger partial charge in [0.25, 0.3) is 0 Å². The molecule has 61 heavy (non-hydrogen) atoms. The zero-order valence-corrected chi connectivity index (χ0v) is 33.2. The van der Waals surface area contributed by atoms with E-state index in [1.807, 2.05) is 6.07 Å². The fourth-order valence-electron chi connectivity index (χ4n) is 9.40. The van der Waals surface area contributed by atoms with E-state index in [9.17, 15) is 0 Å². The van der Waals surface area contributed by atoms with E-state index >= 15 is 0 Å². The van der Waals surface area contributed by atoms with Gasteiger partial charge < -0.3 is 13.9 Å².